The lowest BCUT2D eigenvalue weighted by molar-refractivity contribution is -0.156. The number of ether oxygens (including phenoxy) is 5. The topological polar surface area (TPSA) is 90.0 Å². The molecule has 0 spiro atoms. The van der Waals surface area contributed by atoms with Gasteiger partial charge in [-0.15, -0.1) is 0 Å². The molecule has 4 atom stereocenters. The largest absolute Gasteiger partial charge is 0.492 e. The van der Waals surface area contributed by atoms with Crippen LogP contribution in [0.2, 0.25) is 0 Å². The maximum absolute atomic E-state index is 9.43. The zero-order chi connectivity index (χ0) is 25.2. The van der Waals surface area contributed by atoms with Crippen molar-refractivity contribution in [3.05, 3.63) is 16.1 Å². The number of likely N-dealkylation sites (N-methyl/N-ethyl adjacent to an activating group) is 1. The monoisotopic (exact) mass is 543 g/mol. The Morgan fingerprint density at radius 2 is 1.76 bits per heavy atom. The number of benzene rings is 1. The molecule has 2 heterocycles. The van der Waals surface area contributed by atoms with Gasteiger partial charge in [0.25, 0.3) is 0 Å². The standard InChI is InChI=1S/C20H29BrN2O5.C3H5NO2/c1-20(2)27-13-8-7-11(16(17(13)28-20)23(5)22(3)4)12-9-14-18(26-10-25-14)19(24-6)15(12)21;1-4(2-5)3-6/h9,11,13,16-17H,7-8,10H2,1-6H3;2-3H,1H3/t11?,13?,16-,17?;/m1./s1. The summed E-state index contributed by atoms with van der Waals surface area (Å²) in [5, 5.41) is 4.35. The molecule has 1 aromatic carbocycles. The quantitative estimate of drug-likeness (QED) is 0.396. The summed E-state index contributed by atoms with van der Waals surface area (Å²) in [6.45, 7) is 4.20. The van der Waals surface area contributed by atoms with E-state index in [0.717, 1.165) is 33.5 Å². The number of amides is 2. The molecule has 0 N–H and O–H groups in total. The first kappa shape index (κ1) is 26.7. The van der Waals surface area contributed by atoms with Crippen molar-refractivity contribution >= 4 is 28.8 Å². The number of hydrogen-bond donors (Lipinski definition) is 0. The number of nitrogens with zero attached hydrogens (tertiary/aromatic N) is 3. The van der Waals surface area contributed by atoms with Crippen molar-refractivity contribution in [3.63, 3.8) is 0 Å². The van der Waals surface area contributed by atoms with E-state index in [-0.39, 0.29) is 31.0 Å². The van der Waals surface area contributed by atoms with Crippen LogP contribution in [0.5, 0.6) is 17.2 Å². The van der Waals surface area contributed by atoms with Crippen LogP contribution in [-0.4, -0.2) is 93.9 Å². The molecule has 2 amide bonds. The Morgan fingerprint density at radius 1 is 1.09 bits per heavy atom. The SMILES string of the molecule is CN(C=O)C=O.COc1c(Br)c(C2CCC3OC(C)(C)OC3[C@@H]2N(C)N(C)C)cc2c1OCO2. The maximum Gasteiger partial charge on any atom is 0.231 e. The van der Waals surface area contributed by atoms with Crippen molar-refractivity contribution in [1.82, 2.24) is 14.9 Å². The molecule has 3 unspecified atom stereocenters. The molecule has 3 aliphatic rings. The van der Waals surface area contributed by atoms with Crippen LogP contribution in [0.4, 0.5) is 0 Å². The smallest absolute Gasteiger partial charge is 0.231 e. The normalized spacial score (nSPS) is 26.5. The average molecular weight is 544 g/mol. The molecule has 0 aromatic heterocycles. The van der Waals surface area contributed by atoms with Gasteiger partial charge in [0.1, 0.15) is 6.10 Å². The van der Waals surface area contributed by atoms with E-state index >= 15 is 0 Å². The first-order valence-corrected chi connectivity index (χ1v) is 11.9. The zero-order valence-corrected chi connectivity index (χ0v) is 22.3. The lowest BCUT2D eigenvalue weighted by Crippen LogP contribution is -2.56. The minimum absolute atomic E-state index is 0.0236. The van der Waals surface area contributed by atoms with Gasteiger partial charge in [-0.2, -0.15) is 0 Å². The Hall–Kier alpha value is -1.92. The third-order valence-corrected chi connectivity index (χ3v) is 7.14. The van der Waals surface area contributed by atoms with E-state index < -0.39 is 5.79 Å². The highest BCUT2D eigenvalue weighted by Gasteiger charge is 2.52. The van der Waals surface area contributed by atoms with E-state index in [9.17, 15) is 9.59 Å². The van der Waals surface area contributed by atoms with Crippen molar-refractivity contribution in [2.45, 2.75) is 56.6 Å². The van der Waals surface area contributed by atoms with Crippen LogP contribution in [0.3, 0.4) is 0 Å². The molecule has 0 bridgehead atoms. The predicted octanol–water partition coefficient (Wildman–Crippen LogP) is 2.59. The second-order valence-corrected chi connectivity index (χ2v) is 9.95. The second kappa shape index (κ2) is 10.8. The van der Waals surface area contributed by atoms with E-state index in [0.29, 0.717) is 24.3 Å². The summed E-state index contributed by atoms with van der Waals surface area (Å²) in [6.07, 6.45) is 2.86. The fraction of sp³-hybridized carbons (Fsp3) is 0.652. The first-order valence-electron chi connectivity index (χ1n) is 11.1. The van der Waals surface area contributed by atoms with Crippen molar-refractivity contribution < 1.29 is 33.3 Å². The van der Waals surface area contributed by atoms with Gasteiger partial charge in [0.2, 0.25) is 25.4 Å². The molecule has 1 aliphatic carbocycles. The van der Waals surface area contributed by atoms with Gasteiger partial charge in [0.05, 0.1) is 23.7 Å². The molecule has 1 saturated heterocycles. The summed E-state index contributed by atoms with van der Waals surface area (Å²) in [5.41, 5.74) is 1.14. The number of fused-ring (bicyclic) bond motifs is 2. The van der Waals surface area contributed by atoms with E-state index in [1.807, 2.05) is 13.8 Å². The van der Waals surface area contributed by atoms with Gasteiger partial charge in [-0.05, 0) is 54.2 Å². The van der Waals surface area contributed by atoms with Crippen molar-refractivity contribution in [2.24, 2.45) is 0 Å². The van der Waals surface area contributed by atoms with Crippen LogP contribution in [0.15, 0.2) is 10.5 Å². The molecule has 4 rings (SSSR count). The summed E-state index contributed by atoms with van der Waals surface area (Å²) in [5.74, 6) is 1.71. The van der Waals surface area contributed by atoms with Crippen LogP contribution >= 0.6 is 15.9 Å². The molecule has 0 radical (unpaired) electrons. The number of hydrazine groups is 1. The average Bonchev–Trinajstić information content (AvgIpc) is 3.39. The molecule has 1 saturated carbocycles. The highest BCUT2D eigenvalue weighted by Crippen LogP contribution is 2.53. The van der Waals surface area contributed by atoms with Crippen LogP contribution in [-0.2, 0) is 19.1 Å². The fourth-order valence-corrected chi connectivity index (χ4v) is 5.43. The highest BCUT2D eigenvalue weighted by atomic mass is 79.9. The van der Waals surface area contributed by atoms with Gasteiger partial charge in [0.15, 0.2) is 17.3 Å². The highest BCUT2D eigenvalue weighted by molar-refractivity contribution is 9.10. The number of hydrogen-bond acceptors (Lipinski definition) is 9. The van der Waals surface area contributed by atoms with Gasteiger partial charge in [0, 0.05) is 34.1 Å². The minimum atomic E-state index is -0.570. The Morgan fingerprint density at radius 3 is 2.32 bits per heavy atom. The molecule has 10 nitrogen and oxygen atoms in total. The van der Waals surface area contributed by atoms with E-state index in [1.54, 1.807) is 7.11 Å². The number of carbonyl (C=O) groups excluding carboxylic acids is 2. The Balaban J connectivity index is 0.000000481. The molecular weight excluding hydrogens is 510 g/mol. The summed E-state index contributed by atoms with van der Waals surface area (Å²) < 4.78 is 30.4. The van der Waals surface area contributed by atoms with Crippen molar-refractivity contribution in [1.29, 1.82) is 0 Å². The van der Waals surface area contributed by atoms with Gasteiger partial charge in [-0.3, -0.25) is 14.5 Å². The number of carbonyl (C=O) groups is 2. The summed E-state index contributed by atoms with van der Waals surface area (Å²) in [7, 11) is 9.24. The fourth-order valence-electron chi connectivity index (χ4n) is 4.68. The van der Waals surface area contributed by atoms with Gasteiger partial charge in [-0.25, -0.2) is 10.0 Å². The van der Waals surface area contributed by atoms with E-state index in [2.05, 4.69) is 53.2 Å². The van der Waals surface area contributed by atoms with Crippen LogP contribution < -0.4 is 14.2 Å². The van der Waals surface area contributed by atoms with Gasteiger partial charge in [-0.1, -0.05) is 0 Å². The molecule has 11 heteroatoms. The third-order valence-electron chi connectivity index (χ3n) is 6.32. The van der Waals surface area contributed by atoms with Crippen molar-refractivity contribution in [2.75, 3.05) is 42.1 Å². The lowest BCUT2D eigenvalue weighted by Gasteiger charge is -2.45. The van der Waals surface area contributed by atoms with E-state index in [1.165, 1.54) is 7.05 Å². The molecule has 2 fully saturated rings. The Kier molecular flexibility index (Phi) is 8.46. The summed E-state index contributed by atoms with van der Waals surface area (Å²) in [6, 6.07) is 2.19. The second-order valence-electron chi connectivity index (χ2n) is 9.16. The van der Waals surface area contributed by atoms with Gasteiger partial charge < -0.3 is 23.7 Å². The third kappa shape index (κ3) is 5.33. The molecular formula is C23H34BrN3O7. The summed E-state index contributed by atoms with van der Waals surface area (Å²) in [4.78, 5) is 19.8. The number of imide groups is 1. The predicted molar refractivity (Wildman–Crippen MR) is 128 cm³/mol. The number of halogens is 1. The van der Waals surface area contributed by atoms with Crippen molar-refractivity contribution in [3.8, 4) is 17.2 Å². The molecule has 190 valence electrons. The molecule has 1 aromatic rings. The van der Waals surface area contributed by atoms with Crippen LogP contribution in [0, 0.1) is 0 Å². The maximum atomic E-state index is 9.43. The Bertz CT molecular complexity index is 890. The zero-order valence-electron chi connectivity index (χ0n) is 20.7. The lowest BCUT2D eigenvalue weighted by atomic mass is 9.76. The van der Waals surface area contributed by atoms with Crippen LogP contribution in [0.1, 0.15) is 38.2 Å². The number of rotatable bonds is 6. The van der Waals surface area contributed by atoms with Gasteiger partial charge >= 0.3 is 0 Å². The van der Waals surface area contributed by atoms with Crippen LogP contribution in [0.25, 0.3) is 0 Å². The molecule has 34 heavy (non-hydrogen) atoms. The summed E-state index contributed by atoms with van der Waals surface area (Å²) >= 11 is 3.77. The van der Waals surface area contributed by atoms with E-state index in [4.69, 9.17) is 23.7 Å². The molecule has 2 aliphatic heterocycles. The first-order chi connectivity index (χ1) is 16.0. The number of methoxy groups -OCH3 is 1. The Labute approximate surface area is 209 Å². The minimum Gasteiger partial charge on any atom is -0.492 e.